The molecule has 1 aromatic carbocycles. The van der Waals surface area contributed by atoms with Crippen LogP contribution in [-0.4, -0.2) is 45.2 Å². The third kappa shape index (κ3) is 4.39. The van der Waals surface area contributed by atoms with Gasteiger partial charge in [0.1, 0.15) is 0 Å². The predicted molar refractivity (Wildman–Crippen MR) is 49.5 cm³/mol. The minimum absolute atomic E-state index is 0. The molecular formula is C8H9KMgO4. The molecule has 0 atom stereocenters. The Bertz CT molecular complexity index is 318. The molecule has 0 aliphatic rings. The van der Waals surface area contributed by atoms with Gasteiger partial charge in [0.2, 0.25) is 0 Å². The van der Waals surface area contributed by atoms with Crippen LogP contribution in [0.5, 0.6) is 0 Å². The van der Waals surface area contributed by atoms with Crippen LogP contribution in [0.2, 0.25) is 0 Å². The van der Waals surface area contributed by atoms with E-state index < -0.39 is 11.9 Å². The molecule has 0 unspecified atom stereocenters. The molecule has 1 aromatic rings. The molecule has 0 aliphatic heterocycles. The Balaban J connectivity index is -0.0000000960. The van der Waals surface area contributed by atoms with Gasteiger partial charge in [0.25, 0.3) is 0 Å². The summed E-state index contributed by atoms with van der Waals surface area (Å²) in [6.45, 7) is 0. The molecule has 2 N–H and O–H groups in total. The van der Waals surface area contributed by atoms with E-state index in [1.54, 1.807) is 0 Å². The molecule has 0 bridgehead atoms. The molecule has 0 aromatic heterocycles. The monoisotopic (exact) mass is 232 g/mol. The molecule has 0 radical (unpaired) electrons. The average molecular weight is 233 g/mol. The summed E-state index contributed by atoms with van der Waals surface area (Å²) in [7, 11) is 0. The Morgan fingerprint density at radius 1 is 1.00 bits per heavy atom. The summed E-state index contributed by atoms with van der Waals surface area (Å²) in [6.07, 6.45) is 0. The third-order valence-corrected chi connectivity index (χ3v) is 1.39. The molecular weight excluding hydrogens is 223 g/mol. The second-order valence-corrected chi connectivity index (χ2v) is 2.16. The molecule has 0 amide bonds. The van der Waals surface area contributed by atoms with E-state index in [1.807, 2.05) is 0 Å². The molecule has 0 saturated heterocycles. The van der Waals surface area contributed by atoms with Crippen molar-refractivity contribution in [1.82, 2.24) is 0 Å². The zero-order valence-electron chi connectivity index (χ0n) is 10.7. The number of hydrogen-bond donors (Lipinski definition) is 2. The van der Waals surface area contributed by atoms with Crippen molar-refractivity contribution in [2.24, 2.45) is 0 Å². The van der Waals surface area contributed by atoms with Gasteiger partial charge in [-0.3, -0.25) is 0 Å². The Labute approximate surface area is 144 Å². The quantitative estimate of drug-likeness (QED) is 0.581. The second-order valence-electron chi connectivity index (χ2n) is 2.16. The van der Waals surface area contributed by atoms with Gasteiger partial charge in [-0.25, -0.2) is 9.59 Å². The fraction of sp³-hybridized carbons (Fsp3) is 0. The number of aromatic carboxylic acids is 2. The van der Waals surface area contributed by atoms with E-state index in [4.69, 9.17) is 10.2 Å². The molecule has 0 fully saturated rings. The topological polar surface area (TPSA) is 74.6 Å². The summed E-state index contributed by atoms with van der Waals surface area (Å²) in [5, 5.41) is 17.1. The van der Waals surface area contributed by atoms with E-state index in [1.165, 1.54) is 24.3 Å². The summed E-state index contributed by atoms with van der Waals surface area (Å²) in [5.74, 6) is -2.46. The van der Waals surface area contributed by atoms with Gasteiger partial charge < -0.3 is 14.5 Å². The summed E-state index contributed by atoms with van der Waals surface area (Å²) < 4.78 is 0. The first-order chi connectivity index (χ1) is 5.63. The van der Waals surface area contributed by atoms with Gasteiger partial charge in [0.15, 0.2) is 0 Å². The van der Waals surface area contributed by atoms with Crippen LogP contribution in [-0.2, 0) is 0 Å². The molecule has 0 aliphatic carbocycles. The largest absolute Gasteiger partial charge is 2.00 e. The Kier molecular flexibility index (Phi) is 9.46. The van der Waals surface area contributed by atoms with Crippen LogP contribution >= 0.6 is 0 Å². The van der Waals surface area contributed by atoms with Crippen LogP contribution in [0.3, 0.4) is 0 Å². The van der Waals surface area contributed by atoms with Gasteiger partial charge in [-0.1, -0.05) is 12.1 Å². The fourth-order valence-corrected chi connectivity index (χ4v) is 0.856. The van der Waals surface area contributed by atoms with Crippen molar-refractivity contribution in [3.63, 3.8) is 0 Å². The second kappa shape index (κ2) is 7.80. The first-order valence-electron chi connectivity index (χ1n) is 3.18. The van der Waals surface area contributed by atoms with Crippen molar-refractivity contribution in [2.45, 2.75) is 0 Å². The molecule has 14 heavy (non-hydrogen) atoms. The zero-order valence-corrected chi connectivity index (χ0v) is 12.3. The van der Waals surface area contributed by atoms with Crippen LogP contribution in [0.1, 0.15) is 25.0 Å². The van der Waals surface area contributed by atoms with E-state index >= 15 is 0 Å². The number of benzene rings is 1. The van der Waals surface area contributed by atoms with Crippen molar-refractivity contribution < 1.29 is 75.5 Å². The minimum atomic E-state index is -1.23. The number of rotatable bonds is 2. The summed E-state index contributed by atoms with van der Waals surface area (Å²) in [6, 6.07) is 5.48. The third-order valence-electron chi connectivity index (χ3n) is 1.39. The standard InChI is InChI=1S/C8H6O4.K.Mg.3H/c9-7(10)5-3-1-2-4-6(5)8(11)12;;;;;/h1-4H,(H,9,10)(H,11,12);;;;;/q;+1;+2;3*-1. The first-order valence-corrected chi connectivity index (χ1v) is 3.18. The zero-order chi connectivity index (χ0) is 9.14. The molecule has 0 heterocycles. The summed E-state index contributed by atoms with van der Waals surface area (Å²) in [5.41, 5.74) is -0.380. The van der Waals surface area contributed by atoms with Gasteiger partial charge >= 0.3 is 86.4 Å². The van der Waals surface area contributed by atoms with Crippen molar-refractivity contribution in [2.75, 3.05) is 0 Å². The van der Waals surface area contributed by atoms with E-state index in [2.05, 4.69) is 0 Å². The average Bonchev–Trinajstić information content (AvgIpc) is 2.04. The predicted octanol–water partition coefficient (Wildman–Crippen LogP) is -1.96. The molecule has 0 saturated carbocycles. The van der Waals surface area contributed by atoms with E-state index in [0.29, 0.717) is 0 Å². The Morgan fingerprint density at radius 3 is 1.50 bits per heavy atom. The Morgan fingerprint density at radius 2 is 1.29 bits per heavy atom. The van der Waals surface area contributed by atoms with Crippen molar-refractivity contribution in [1.29, 1.82) is 0 Å². The molecule has 68 valence electrons. The van der Waals surface area contributed by atoms with E-state index in [9.17, 15) is 9.59 Å². The smallest absolute Gasteiger partial charge is 1.00 e. The van der Waals surface area contributed by atoms with Gasteiger partial charge in [-0.2, -0.15) is 0 Å². The van der Waals surface area contributed by atoms with Crippen molar-refractivity contribution in [3.8, 4) is 0 Å². The molecule has 1 rings (SSSR count). The summed E-state index contributed by atoms with van der Waals surface area (Å²) in [4.78, 5) is 20.9. The number of carboxylic acid groups (broad SMARTS) is 2. The summed E-state index contributed by atoms with van der Waals surface area (Å²) >= 11 is 0. The van der Waals surface area contributed by atoms with Crippen LogP contribution < -0.4 is 51.4 Å². The molecule has 4 nitrogen and oxygen atoms in total. The maximum absolute atomic E-state index is 10.5. The van der Waals surface area contributed by atoms with E-state index in [0.717, 1.165) is 0 Å². The molecule has 6 heteroatoms. The number of carbonyl (C=O) groups is 2. The van der Waals surface area contributed by atoms with Crippen LogP contribution in [0, 0.1) is 0 Å². The van der Waals surface area contributed by atoms with Gasteiger partial charge in [0, 0.05) is 0 Å². The maximum atomic E-state index is 10.5. The van der Waals surface area contributed by atoms with Crippen LogP contribution in [0.15, 0.2) is 24.3 Å². The van der Waals surface area contributed by atoms with Gasteiger partial charge in [0.05, 0.1) is 11.1 Å². The Hall–Kier alpha value is 0.563. The van der Waals surface area contributed by atoms with Crippen LogP contribution in [0.25, 0.3) is 0 Å². The number of hydrogen-bond acceptors (Lipinski definition) is 2. The van der Waals surface area contributed by atoms with Gasteiger partial charge in [-0.15, -0.1) is 0 Å². The van der Waals surface area contributed by atoms with Crippen molar-refractivity contribution >= 4 is 35.0 Å². The SMILES string of the molecule is O=C(O)c1ccccc1C(=O)O.[H-].[H-].[H-].[K+].[Mg+2]. The molecule has 0 spiro atoms. The fourth-order valence-electron chi connectivity index (χ4n) is 0.856. The van der Waals surface area contributed by atoms with Crippen molar-refractivity contribution in [3.05, 3.63) is 35.4 Å². The minimum Gasteiger partial charge on any atom is -1.00 e. The maximum Gasteiger partial charge on any atom is 2.00 e. The number of carboxylic acids is 2. The van der Waals surface area contributed by atoms with Gasteiger partial charge in [-0.05, 0) is 12.1 Å². The normalized spacial score (nSPS) is 8.00. The van der Waals surface area contributed by atoms with Crippen LogP contribution in [0.4, 0.5) is 0 Å². The van der Waals surface area contributed by atoms with E-state index in [-0.39, 0.29) is 89.8 Å². The first kappa shape index (κ1) is 17.0.